The molecule has 1 aromatic carbocycles. The van der Waals surface area contributed by atoms with Gasteiger partial charge in [-0.2, -0.15) is 0 Å². The van der Waals surface area contributed by atoms with Crippen LogP contribution in [0, 0.1) is 18.8 Å². The fourth-order valence-electron chi connectivity index (χ4n) is 1.77. The van der Waals surface area contributed by atoms with Crippen LogP contribution in [0.15, 0.2) is 46.1 Å². The van der Waals surface area contributed by atoms with Crippen molar-refractivity contribution in [3.63, 3.8) is 0 Å². The second-order valence-electron chi connectivity index (χ2n) is 4.46. The number of hydrogen-bond donors (Lipinski definition) is 2. The lowest BCUT2D eigenvalue weighted by molar-refractivity contribution is 0.561. The highest BCUT2D eigenvalue weighted by molar-refractivity contribution is 7.89. The lowest BCUT2D eigenvalue weighted by atomic mass is 10.1. The lowest BCUT2D eigenvalue weighted by Gasteiger charge is -2.08. The van der Waals surface area contributed by atoms with Crippen molar-refractivity contribution in [2.45, 2.75) is 18.4 Å². The van der Waals surface area contributed by atoms with Gasteiger partial charge >= 0.3 is 0 Å². The van der Waals surface area contributed by atoms with Gasteiger partial charge in [-0.15, -0.1) is 0 Å². The first-order valence-electron chi connectivity index (χ1n) is 6.33. The summed E-state index contributed by atoms with van der Waals surface area (Å²) in [5.74, 6) is 5.48. The van der Waals surface area contributed by atoms with Crippen molar-refractivity contribution >= 4 is 10.0 Å². The van der Waals surface area contributed by atoms with Gasteiger partial charge in [0.1, 0.15) is 0 Å². The van der Waals surface area contributed by atoms with Crippen LogP contribution in [-0.4, -0.2) is 15.0 Å². The van der Waals surface area contributed by atoms with E-state index in [1.54, 1.807) is 24.3 Å². The summed E-state index contributed by atoms with van der Waals surface area (Å²) >= 11 is 0. The molecule has 0 atom stereocenters. The van der Waals surface area contributed by atoms with Gasteiger partial charge in [0, 0.05) is 17.7 Å². The van der Waals surface area contributed by atoms with E-state index >= 15 is 0 Å². The maximum atomic E-state index is 12.4. The largest absolute Gasteiger partial charge is 0.472 e. The summed E-state index contributed by atoms with van der Waals surface area (Å²) in [5.41, 5.74) is 7.48. The second kappa shape index (κ2) is 6.59. The van der Waals surface area contributed by atoms with E-state index in [0.29, 0.717) is 5.56 Å². The number of aryl methyl sites for hydroxylation is 1. The summed E-state index contributed by atoms with van der Waals surface area (Å²) in [6.07, 6.45) is 2.99. The fourth-order valence-corrected chi connectivity index (χ4v) is 2.93. The molecule has 1 aromatic heterocycles. The van der Waals surface area contributed by atoms with Crippen molar-refractivity contribution in [1.82, 2.24) is 4.72 Å². The van der Waals surface area contributed by atoms with Crippen molar-refractivity contribution in [1.29, 1.82) is 0 Å². The van der Waals surface area contributed by atoms with Crippen LogP contribution in [0.4, 0.5) is 0 Å². The van der Waals surface area contributed by atoms with Crippen LogP contribution < -0.4 is 10.5 Å². The molecule has 5 nitrogen and oxygen atoms in total. The third-order valence-electron chi connectivity index (χ3n) is 2.80. The highest BCUT2D eigenvalue weighted by Crippen LogP contribution is 2.17. The molecule has 2 rings (SSSR count). The van der Waals surface area contributed by atoms with Crippen LogP contribution in [-0.2, 0) is 16.6 Å². The number of hydrogen-bond acceptors (Lipinski definition) is 4. The van der Waals surface area contributed by atoms with Crippen LogP contribution in [0.3, 0.4) is 0 Å². The molecule has 0 amide bonds. The Hall–Kier alpha value is -2.07. The molecule has 21 heavy (non-hydrogen) atoms. The molecule has 0 radical (unpaired) electrons. The van der Waals surface area contributed by atoms with Crippen molar-refractivity contribution < 1.29 is 12.8 Å². The smallest absolute Gasteiger partial charge is 0.242 e. The first-order valence-corrected chi connectivity index (χ1v) is 7.81. The van der Waals surface area contributed by atoms with Crippen LogP contribution in [0.2, 0.25) is 0 Å². The number of sulfonamides is 1. The number of nitrogens with one attached hydrogen (secondary N) is 1. The molecule has 0 fully saturated rings. The zero-order chi connectivity index (χ0) is 15.3. The second-order valence-corrected chi connectivity index (χ2v) is 6.20. The summed E-state index contributed by atoms with van der Waals surface area (Å²) in [6, 6.07) is 6.72. The Kier molecular flexibility index (Phi) is 4.81. The maximum absolute atomic E-state index is 12.4. The molecule has 6 heteroatoms. The van der Waals surface area contributed by atoms with Gasteiger partial charge in [-0.3, -0.25) is 0 Å². The molecule has 0 aliphatic rings. The zero-order valence-corrected chi connectivity index (χ0v) is 12.4. The molecular weight excluding hydrogens is 288 g/mol. The zero-order valence-electron chi connectivity index (χ0n) is 11.6. The van der Waals surface area contributed by atoms with E-state index in [9.17, 15) is 8.42 Å². The van der Waals surface area contributed by atoms with Gasteiger partial charge in [0.15, 0.2) is 0 Å². The summed E-state index contributed by atoms with van der Waals surface area (Å²) in [4.78, 5) is 0.151. The number of rotatable bonds is 4. The van der Waals surface area contributed by atoms with Gasteiger partial charge in [0.25, 0.3) is 0 Å². The average molecular weight is 304 g/mol. The monoisotopic (exact) mass is 304 g/mol. The topological polar surface area (TPSA) is 85.3 Å². The van der Waals surface area contributed by atoms with Crippen molar-refractivity contribution in [3.05, 3.63) is 53.5 Å². The quantitative estimate of drug-likeness (QED) is 0.836. The summed E-state index contributed by atoms with van der Waals surface area (Å²) in [7, 11) is -3.65. The Morgan fingerprint density at radius 1 is 1.33 bits per heavy atom. The average Bonchev–Trinajstić information content (AvgIpc) is 2.96. The SMILES string of the molecule is Cc1ccc(S(=O)(=O)NCc2ccoc2)c(C#CCN)c1. The van der Waals surface area contributed by atoms with Crippen molar-refractivity contribution in [2.24, 2.45) is 5.73 Å². The first-order chi connectivity index (χ1) is 10.0. The minimum atomic E-state index is -3.65. The Labute approximate surface area is 124 Å². The molecule has 0 unspecified atom stereocenters. The van der Waals surface area contributed by atoms with E-state index in [4.69, 9.17) is 10.2 Å². The van der Waals surface area contributed by atoms with Crippen LogP contribution >= 0.6 is 0 Å². The van der Waals surface area contributed by atoms with Gasteiger partial charge in [-0.05, 0) is 30.7 Å². The third kappa shape index (κ3) is 3.95. The minimum Gasteiger partial charge on any atom is -0.472 e. The van der Waals surface area contributed by atoms with Crippen molar-refractivity contribution in [3.8, 4) is 11.8 Å². The molecule has 2 aromatic rings. The van der Waals surface area contributed by atoms with E-state index in [1.165, 1.54) is 12.5 Å². The van der Waals surface area contributed by atoms with E-state index in [0.717, 1.165) is 11.1 Å². The van der Waals surface area contributed by atoms with Gasteiger partial charge < -0.3 is 10.2 Å². The van der Waals surface area contributed by atoms with Crippen LogP contribution in [0.25, 0.3) is 0 Å². The molecule has 0 saturated carbocycles. The molecule has 0 aliphatic carbocycles. The maximum Gasteiger partial charge on any atom is 0.242 e. The highest BCUT2D eigenvalue weighted by Gasteiger charge is 2.17. The normalized spacial score (nSPS) is 11.0. The number of furan rings is 1. The van der Waals surface area contributed by atoms with Gasteiger partial charge in [-0.25, -0.2) is 13.1 Å². The molecule has 3 N–H and O–H groups in total. The molecule has 0 spiro atoms. The highest BCUT2D eigenvalue weighted by atomic mass is 32.2. The third-order valence-corrected chi connectivity index (χ3v) is 4.26. The van der Waals surface area contributed by atoms with E-state index in [-0.39, 0.29) is 18.0 Å². The summed E-state index contributed by atoms with van der Waals surface area (Å²) in [6.45, 7) is 2.22. The number of nitrogens with two attached hydrogens (primary N) is 1. The summed E-state index contributed by atoms with van der Waals surface area (Å²) < 4.78 is 32.2. The van der Waals surface area contributed by atoms with E-state index in [1.807, 2.05) is 6.92 Å². The predicted molar refractivity (Wildman–Crippen MR) is 79.8 cm³/mol. The molecular formula is C15H16N2O3S. The van der Waals surface area contributed by atoms with E-state index < -0.39 is 10.0 Å². The van der Waals surface area contributed by atoms with E-state index in [2.05, 4.69) is 16.6 Å². The number of benzene rings is 1. The van der Waals surface area contributed by atoms with Crippen LogP contribution in [0.5, 0.6) is 0 Å². The lowest BCUT2D eigenvalue weighted by Crippen LogP contribution is -2.24. The fraction of sp³-hybridized carbons (Fsp3) is 0.200. The van der Waals surface area contributed by atoms with Gasteiger partial charge in [-0.1, -0.05) is 17.9 Å². The molecule has 0 saturated heterocycles. The van der Waals surface area contributed by atoms with Crippen molar-refractivity contribution in [2.75, 3.05) is 6.54 Å². The standard InChI is InChI=1S/C15H16N2O3S/c1-12-4-5-15(14(9-12)3-2-7-16)21(18,19)17-10-13-6-8-20-11-13/h4-6,8-9,11,17H,7,10,16H2,1H3. The predicted octanol–water partition coefficient (Wildman–Crippen LogP) is 1.38. The minimum absolute atomic E-state index is 0.151. The molecule has 0 aliphatic heterocycles. The first kappa shape index (κ1) is 15.3. The molecule has 0 bridgehead atoms. The van der Waals surface area contributed by atoms with Gasteiger partial charge in [0.05, 0.1) is 24.0 Å². The molecule has 110 valence electrons. The van der Waals surface area contributed by atoms with Crippen LogP contribution in [0.1, 0.15) is 16.7 Å². The Bertz CT molecular complexity index is 769. The Morgan fingerprint density at radius 3 is 2.81 bits per heavy atom. The Morgan fingerprint density at radius 2 is 2.14 bits per heavy atom. The Balaban J connectivity index is 2.30. The molecule has 1 heterocycles. The summed E-state index contributed by atoms with van der Waals surface area (Å²) in [5, 5.41) is 0. The van der Waals surface area contributed by atoms with Gasteiger partial charge in [0.2, 0.25) is 10.0 Å².